The number of hydrogen-bond acceptors (Lipinski definition) is 6. The summed E-state index contributed by atoms with van der Waals surface area (Å²) in [7, 11) is 2.10. The summed E-state index contributed by atoms with van der Waals surface area (Å²) in [6.07, 6.45) is 0.482. The van der Waals surface area contributed by atoms with Crippen LogP contribution in [0.1, 0.15) is 38.5 Å². The number of furan rings is 1. The molecule has 2 N–H and O–H groups in total. The number of fused-ring (bicyclic) bond motifs is 3. The van der Waals surface area contributed by atoms with Crippen LogP contribution in [0.2, 0.25) is 10.0 Å². The van der Waals surface area contributed by atoms with Crippen LogP contribution in [0.15, 0.2) is 34.7 Å². The van der Waals surface area contributed by atoms with Crippen molar-refractivity contribution in [2.75, 3.05) is 18.9 Å². The average molecular weight is 464 g/mol. The molecule has 2 aliphatic heterocycles. The molecular weight excluding hydrogens is 445 g/mol. The summed E-state index contributed by atoms with van der Waals surface area (Å²) in [5.41, 5.74) is 1.96. The molecular formula is C21H19Cl2N3O3S. The van der Waals surface area contributed by atoms with Crippen LogP contribution in [-0.4, -0.2) is 24.4 Å². The molecule has 4 heterocycles. The summed E-state index contributed by atoms with van der Waals surface area (Å²) >= 11 is 13.6. The van der Waals surface area contributed by atoms with Gasteiger partial charge in [0, 0.05) is 24.0 Å². The monoisotopic (exact) mass is 463 g/mol. The Kier molecular flexibility index (Phi) is 5.14. The van der Waals surface area contributed by atoms with Crippen LogP contribution in [0.25, 0.3) is 0 Å². The molecule has 0 saturated carbocycles. The first kappa shape index (κ1) is 19.8. The average Bonchev–Trinajstić information content (AvgIpc) is 3.33. The molecule has 1 aromatic carbocycles. The number of anilines is 1. The van der Waals surface area contributed by atoms with Gasteiger partial charge < -0.3 is 24.7 Å². The van der Waals surface area contributed by atoms with E-state index in [4.69, 9.17) is 32.4 Å². The molecule has 6 nitrogen and oxygen atoms in total. The van der Waals surface area contributed by atoms with E-state index in [9.17, 15) is 4.79 Å². The van der Waals surface area contributed by atoms with Crippen LogP contribution >= 0.6 is 34.5 Å². The van der Waals surface area contributed by atoms with Crippen molar-refractivity contribution in [1.29, 1.82) is 0 Å². The fourth-order valence-corrected chi connectivity index (χ4v) is 5.38. The molecule has 3 aromatic rings. The smallest absolute Gasteiger partial charge is 0.256 e. The third-order valence-electron chi connectivity index (χ3n) is 5.26. The Hall–Kier alpha value is -2.19. The standard InChI is InChI=1S/C21H19Cl2N3O3S/c1-26-7-6-13-17(9-26)30-21-18(13)20(27)24-19(25-21)16-5-3-12(29-16)10-28-11-2-4-14(22)15(23)8-11/h2-5,8,19,25H,6-7,9-10H2,1H3,(H,24,27)/t19-/m1/s1. The van der Waals surface area contributed by atoms with E-state index in [1.54, 1.807) is 29.5 Å². The number of carbonyl (C=O) groups excluding carboxylic acids is 1. The van der Waals surface area contributed by atoms with Crippen molar-refractivity contribution in [2.24, 2.45) is 0 Å². The van der Waals surface area contributed by atoms with E-state index >= 15 is 0 Å². The van der Waals surface area contributed by atoms with Gasteiger partial charge >= 0.3 is 0 Å². The van der Waals surface area contributed by atoms with Crippen molar-refractivity contribution < 1.29 is 13.9 Å². The van der Waals surface area contributed by atoms with E-state index in [0.29, 0.717) is 27.3 Å². The summed E-state index contributed by atoms with van der Waals surface area (Å²) in [5, 5.41) is 8.25. The van der Waals surface area contributed by atoms with Crippen LogP contribution < -0.4 is 15.4 Å². The second-order valence-corrected chi connectivity index (χ2v) is 9.33. The number of thiophene rings is 1. The lowest BCUT2D eigenvalue weighted by molar-refractivity contribution is 0.0929. The quantitative estimate of drug-likeness (QED) is 0.565. The van der Waals surface area contributed by atoms with Gasteiger partial charge in [-0.1, -0.05) is 23.2 Å². The second-order valence-electron chi connectivity index (χ2n) is 7.42. The van der Waals surface area contributed by atoms with E-state index in [-0.39, 0.29) is 12.5 Å². The van der Waals surface area contributed by atoms with Crippen LogP contribution in [0, 0.1) is 0 Å². The summed E-state index contributed by atoms with van der Waals surface area (Å²) in [5.74, 6) is 1.82. The predicted octanol–water partition coefficient (Wildman–Crippen LogP) is 5.07. The van der Waals surface area contributed by atoms with Crippen LogP contribution in [0.5, 0.6) is 5.75 Å². The van der Waals surface area contributed by atoms with Gasteiger partial charge in [0.05, 0.1) is 15.6 Å². The van der Waals surface area contributed by atoms with Gasteiger partial charge in [0.2, 0.25) is 0 Å². The van der Waals surface area contributed by atoms with Crippen LogP contribution in [0.3, 0.4) is 0 Å². The Morgan fingerprint density at radius 2 is 2.10 bits per heavy atom. The van der Waals surface area contributed by atoms with Gasteiger partial charge in [0.15, 0.2) is 6.17 Å². The van der Waals surface area contributed by atoms with Gasteiger partial charge in [-0.2, -0.15) is 0 Å². The van der Waals surface area contributed by atoms with Crippen molar-refractivity contribution >= 4 is 45.4 Å². The lowest BCUT2D eigenvalue weighted by Crippen LogP contribution is -2.38. The topological polar surface area (TPSA) is 66.7 Å². The summed E-state index contributed by atoms with van der Waals surface area (Å²) in [6, 6.07) is 8.78. The van der Waals surface area contributed by atoms with E-state index < -0.39 is 6.17 Å². The number of ether oxygens (including phenoxy) is 1. The minimum absolute atomic E-state index is 0.0548. The largest absolute Gasteiger partial charge is 0.486 e. The molecule has 1 atom stereocenters. The van der Waals surface area contributed by atoms with Gasteiger partial charge in [0.1, 0.15) is 28.9 Å². The molecule has 0 saturated heterocycles. The SMILES string of the molecule is CN1CCc2c(sc3c2C(=O)N[C@@H](c2ccc(COc4ccc(Cl)c(Cl)c4)o2)N3)C1. The fraction of sp³-hybridized carbons (Fsp3) is 0.286. The summed E-state index contributed by atoms with van der Waals surface area (Å²) in [4.78, 5) is 16.3. The second kappa shape index (κ2) is 7.81. The molecule has 0 bridgehead atoms. The number of amides is 1. The zero-order valence-corrected chi connectivity index (χ0v) is 18.5. The highest BCUT2D eigenvalue weighted by molar-refractivity contribution is 7.16. The maximum Gasteiger partial charge on any atom is 0.256 e. The highest BCUT2D eigenvalue weighted by Gasteiger charge is 2.33. The van der Waals surface area contributed by atoms with Crippen molar-refractivity contribution in [2.45, 2.75) is 25.7 Å². The summed E-state index contributed by atoms with van der Waals surface area (Å²) in [6.45, 7) is 2.08. The number of likely N-dealkylation sites (N-methyl/N-ethyl adjacent to an activating group) is 1. The number of carbonyl (C=O) groups is 1. The molecule has 5 rings (SSSR count). The number of halogens is 2. The van der Waals surface area contributed by atoms with Gasteiger partial charge in [-0.15, -0.1) is 11.3 Å². The number of hydrogen-bond donors (Lipinski definition) is 2. The fourth-order valence-electron chi connectivity index (χ4n) is 3.73. The highest BCUT2D eigenvalue weighted by Crippen LogP contribution is 2.40. The van der Waals surface area contributed by atoms with Gasteiger partial charge in [-0.3, -0.25) is 4.79 Å². The van der Waals surface area contributed by atoms with Crippen molar-refractivity contribution in [3.8, 4) is 5.75 Å². The molecule has 2 aromatic heterocycles. The Morgan fingerprint density at radius 3 is 2.93 bits per heavy atom. The Labute approximate surface area is 187 Å². The van der Waals surface area contributed by atoms with Gasteiger partial charge in [0.25, 0.3) is 5.91 Å². The van der Waals surface area contributed by atoms with Gasteiger partial charge in [-0.05, 0) is 43.3 Å². The number of nitrogens with one attached hydrogen (secondary N) is 2. The molecule has 30 heavy (non-hydrogen) atoms. The molecule has 0 fully saturated rings. The molecule has 0 unspecified atom stereocenters. The lowest BCUT2D eigenvalue weighted by atomic mass is 10.0. The maximum atomic E-state index is 12.8. The third-order valence-corrected chi connectivity index (χ3v) is 7.15. The molecule has 0 radical (unpaired) electrons. The van der Waals surface area contributed by atoms with Crippen molar-refractivity contribution in [1.82, 2.24) is 10.2 Å². The first-order chi connectivity index (χ1) is 14.5. The van der Waals surface area contributed by atoms with E-state index in [0.717, 1.165) is 30.1 Å². The molecule has 9 heteroatoms. The zero-order valence-electron chi connectivity index (χ0n) is 16.1. The lowest BCUT2D eigenvalue weighted by Gasteiger charge is -2.26. The van der Waals surface area contributed by atoms with Crippen LogP contribution in [0.4, 0.5) is 5.00 Å². The van der Waals surface area contributed by atoms with E-state index in [1.807, 2.05) is 12.1 Å². The summed E-state index contributed by atoms with van der Waals surface area (Å²) < 4.78 is 11.6. The minimum Gasteiger partial charge on any atom is -0.486 e. The maximum absolute atomic E-state index is 12.8. The molecule has 156 valence electrons. The Morgan fingerprint density at radius 1 is 1.23 bits per heavy atom. The van der Waals surface area contributed by atoms with E-state index in [2.05, 4.69) is 22.6 Å². The minimum atomic E-state index is -0.415. The normalized spacial score (nSPS) is 18.4. The molecule has 0 spiro atoms. The van der Waals surface area contributed by atoms with Crippen molar-refractivity contribution in [3.63, 3.8) is 0 Å². The van der Waals surface area contributed by atoms with Crippen LogP contribution in [-0.2, 0) is 19.6 Å². The zero-order chi connectivity index (χ0) is 20.8. The predicted molar refractivity (Wildman–Crippen MR) is 118 cm³/mol. The highest BCUT2D eigenvalue weighted by atomic mass is 35.5. The van der Waals surface area contributed by atoms with E-state index in [1.165, 1.54) is 10.4 Å². The van der Waals surface area contributed by atoms with Crippen molar-refractivity contribution in [3.05, 3.63) is 67.9 Å². The Bertz CT molecular complexity index is 1130. The number of rotatable bonds is 4. The molecule has 1 amide bonds. The first-order valence-corrected chi connectivity index (χ1v) is 11.1. The molecule has 0 aliphatic carbocycles. The number of nitrogens with zero attached hydrogens (tertiary/aromatic N) is 1. The number of benzene rings is 1. The first-order valence-electron chi connectivity index (χ1n) is 9.55. The van der Waals surface area contributed by atoms with Gasteiger partial charge in [-0.25, -0.2) is 0 Å². The molecule has 2 aliphatic rings. The third kappa shape index (κ3) is 3.67. The Balaban J connectivity index is 1.30.